The summed E-state index contributed by atoms with van der Waals surface area (Å²) in [6.45, 7) is 2.14. The smallest absolute Gasteiger partial charge is 0.307 e. The van der Waals surface area contributed by atoms with Crippen molar-refractivity contribution in [2.45, 2.75) is 26.3 Å². The lowest BCUT2D eigenvalue weighted by Gasteiger charge is -2.08. The van der Waals surface area contributed by atoms with Crippen molar-refractivity contribution in [3.63, 3.8) is 0 Å². The molecule has 0 radical (unpaired) electrons. The van der Waals surface area contributed by atoms with Crippen LogP contribution in [0.1, 0.15) is 34.5 Å². The lowest BCUT2D eigenvalue weighted by molar-refractivity contribution is -0.136. The Morgan fingerprint density at radius 3 is 2.62 bits per heavy atom. The summed E-state index contributed by atoms with van der Waals surface area (Å²) in [6.07, 6.45) is 0.592. The average Bonchev–Trinajstić information content (AvgIpc) is 2.94. The molecular weight excluding hydrogens is 272 g/mol. The Balaban J connectivity index is 2.02. The van der Waals surface area contributed by atoms with Crippen LogP contribution < -0.4 is 5.32 Å². The molecule has 0 aliphatic heterocycles. The molecule has 0 aliphatic carbocycles. The van der Waals surface area contributed by atoms with Crippen LogP contribution in [0.4, 0.5) is 0 Å². The van der Waals surface area contributed by atoms with Gasteiger partial charge < -0.3 is 10.4 Å². The van der Waals surface area contributed by atoms with Gasteiger partial charge in [0.15, 0.2) is 0 Å². The number of hydrogen-bond acceptors (Lipinski definition) is 4. The second kappa shape index (κ2) is 6.65. The maximum atomic E-state index is 11.9. The van der Waals surface area contributed by atoms with Gasteiger partial charge in [0.2, 0.25) is 5.82 Å². The first-order valence-corrected chi connectivity index (χ1v) is 6.58. The van der Waals surface area contributed by atoms with Gasteiger partial charge in [-0.25, -0.2) is 4.98 Å². The highest BCUT2D eigenvalue weighted by atomic mass is 16.4. The van der Waals surface area contributed by atoms with E-state index in [1.54, 1.807) is 24.3 Å². The molecule has 0 saturated carbocycles. The lowest BCUT2D eigenvalue weighted by atomic mass is 10.0. The van der Waals surface area contributed by atoms with Crippen molar-refractivity contribution in [3.8, 4) is 0 Å². The Bertz CT molecular complexity index is 651. The van der Waals surface area contributed by atoms with Gasteiger partial charge in [-0.3, -0.25) is 14.7 Å². The topological polar surface area (TPSA) is 108 Å². The normalized spacial score (nSPS) is 10.3. The number of carbonyl (C=O) groups is 2. The Kier molecular flexibility index (Phi) is 4.65. The van der Waals surface area contributed by atoms with Crippen LogP contribution in [0.5, 0.6) is 0 Å². The zero-order valence-electron chi connectivity index (χ0n) is 11.6. The molecule has 0 atom stereocenters. The zero-order valence-corrected chi connectivity index (χ0v) is 11.6. The van der Waals surface area contributed by atoms with Crippen molar-refractivity contribution in [2.75, 3.05) is 0 Å². The van der Waals surface area contributed by atoms with Gasteiger partial charge in [0.1, 0.15) is 5.82 Å². The van der Waals surface area contributed by atoms with E-state index in [-0.39, 0.29) is 18.8 Å². The molecule has 7 nitrogen and oxygen atoms in total. The molecular formula is C14H16N4O3. The number of aromatic nitrogens is 3. The van der Waals surface area contributed by atoms with Crippen molar-refractivity contribution in [2.24, 2.45) is 0 Å². The van der Waals surface area contributed by atoms with Gasteiger partial charge in [0, 0.05) is 13.0 Å². The second-order valence-electron chi connectivity index (χ2n) is 4.48. The number of nitrogens with one attached hydrogen (secondary N) is 2. The fraction of sp³-hybridized carbons (Fsp3) is 0.286. The fourth-order valence-corrected chi connectivity index (χ4v) is 1.87. The first-order valence-electron chi connectivity index (χ1n) is 6.58. The van der Waals surface area contributed by atoms with Crippen LogP contribution in [0.3, 0.4) is 0 Å². The number of aryl methyl sites for hydroxylation is 1. The van der Waals surface area contributed by atoms with E-state index >= 15 is 0 Å². The molecule has 1 heterocycles. The summed E-state index contributed by atoms with van der Waals surface area (Å²) in [6, 6.07) is 7.09. The zero-order chi connectivity index (χ0) is 15.2. The molecule has 2 aromatic rings. The summed E-state index contributed by atoms with van der Waals surface area (Å²) in [5.74, 6) is -0.569. The summed E-state index contributed by atoms with van der Waals surface area (Å²) in [4.78, 5) is 26.8. The van der Waals surface area contributed by atoms with Gasteiger partial charge in [0.05, 0.1) is 6.42 Å². The molecule has 21 heavy (non-hydrogen) atoms. The Labute approximate surface area is 121 Å². The Morgan fingerprint density at radius 2 is 2.00 bits per heavy atom. The van der Waals surface area contributed by atoms with E-state index in [1.165, 1.54) is 0 Å². The van der Waals surface area contributed by atoms with E-state index in [4.69, 9.17) is 5.11 Å². The van der Waals surface area contributed by atoms with Crippen molar-refractivity contribution >= 4 is 11.9 Å². The number of amides is 1. The molecule has 0 unspecified atom stereocenters. The molecule has 110 valence electrons. The summed E-state index contributed by atoms with van der Waals surface area (Å²) < 4.78 is 0. The van der Waals surface area contributed by atoms with Crippen LogP contribution in [-0.4, -0.2) is 32.2 Å². The molecule has 0 saturated heterocycles. The number of carboxylic acids is 1. The number of benzene rings is 1. The second-order valence-corrected chi connectivity index (χ2v) is 4.48. The van der Waals surface area contributed by atoms with Crippen molar-refractivity contribution in [3.05, 3.63) is 47.0 Å². The summed E-state index contributed by atoms with van der Waals surface area (Å²) in [7, 11) is 0. The SMILES string of the molecule is CCc1nc(C(=O)NCc2ccccc2CC(=O)O)n[nH]1. The van der Waals surface area contributed by atoms with Crippen LogP contribution in [0.25, 0.3) is 0 Å². The first-order chi connectivity index (χ1) is 10.1. The van der Waals surface area contributed by atoms with Gasteiger partial charge in [0.25, 0.3) is 5.91 Å². The fourth-order valence-electron chi connectivity index (χ4n) is 1.87. The maximum Gasteiger partial charge on any atom is 0.307 e. The van der Waals surface area contributed by atoms with E-state index in [9.17, 15) is 9.59 Å². The summed E-state index contributed by atoms with van der Waals surface area (Å²) in [5, 5.41) is 18.1. The van der Waals surface area contributed by atoms with Gasteiger partial charge in [-0.2, -0.15) is 0 Å². The third-order valence-electron chi connectivity index (χ3n) is 2.97. The maximum absolute atomic E-state index is 11.9. The molecule has 1 aromatic heterocycles. The monoisotopic (exact) mass is 288 g/mol. The number of aliphatic carboxylic acids is 1. The molecule has 0 aliphatic rings. The van der Waals surface area contributed by atoms with Crippen molar-refractivity contribution in [1.82, 2.24) is 20.5 Å². The summed E-state index contributed by atoms with van der Waals surface area (Å²) in [5.41, 5.74) is 1.44. The largest absolute Gasteiger partial charge is 0.481 e. The van der Waals surface area contributed by atoms with Gasteiger partial charge in [-0.15, -0.1) is 5.10 Å². The van der Waals surface area contributed by atoms with Crippen molar-refractivity contribution in [1.29, 1.82) is 0 Å². The number of aromatic amines is 1. The molecule has 7 heteroatoms. The quantitative estimate of drug-likeness (QED) is 0.732. The third-order valence-corrected chi connectivity index (χ3v) is 2.97. The highest BCUT2D eigenvalue weighted by molar-refractivity contribution is 5.90. The van der Waals surface area contributed by atoms with Gasteiger partial charge >= 0.3 is 5.97 Å². The van der Waals surface area contributed by atoms with E-state index in [0.717, 1.165) is 5.56 Å². The van der Waals surface area contributed by atoms with Gasteiger partial charge in [-0.1, -0.05) is 31.2 Å². The van der Waals surface area contributed by atoms with E-state index in [1.807, 2.05) is 6.92 Å². The lowest BCUT2D eigenvalue weighted by Crippen LogP contribution is -2.24. The minimum absolute atomic E-state index is 0.0767. The molecule has 3 N–H and O–H groups in total. The Morgan fingerprint density at radius 1 is 1.29 bits per heavy atom. The predicted octanol–water partition coefficient (Wildman–Crippen LogP) is 0.924. The minimum atomic E-state index is -0.907. The molecule has 1 amide bonds. The van der Waals surface area contributed by atoms with Crippen molar-refractivity contribution < 1.29 is 14.7 Å². The third kappa shape index (κ3) is 3.88. The number of nitrogens with zero attached hydrogens (tertiary/aromatic N) is 2. The van der Waals surface area contributed by atoms with E-state index in [2.05, 4.69) is 20.5 Å². The molecule has 0 bridgehead atoms. The number of rotatable bonds is 6. The minimum Gasteiger partial charge on any atom is -0.481 e. The average molecular weight is 288 g/mol. The highest BCUT2D eigenvalue weighted by Gasteiger charge is 2.13. The molecule has 0 spiro atoms. The summed E-state index contributed by atoms with van der Waals surface area (Å²) >= 11 is 0. The predicted molar refractivity (Wildman–Crippen MR) is 74.7 cm³/mol. The van der Waals surface area contributed by atoms with Crippen LogP contribution in [0.2, 0.25) is 0 Å². The van der Waals surface area contributed by atoms with E-state index in [0.29, 0.717) is 17.8 Å². The van der Waals surface area contributed by atoms with Crippen LogP contribution in [0.15, 0.2) is 24.3 Å². The number of H-pyrrole nitrogens is 1. The Hall–Kier alpha value is -2.70. The standard InChI is InChI=1S/C14H16N4O3/c1-2-11-16-13(18-17-11)14(21)15-8-10-6-4-3-5-9(10)7-12(19)20/h3-6H,2,7-8H2,1H3,(H,15,21)(H,19,20)(H,16,17,18). The van der Waals surface area contributed by atoms with Crippen LogP contribution >= 0.6 is 0 Å². The number of carboxylic acid groups (broad SMARTS) is 1. The molecule has 1 aromatic carbocycles. The molecule has 0 fully saturated rings. The highest BCUT2D eigenvalue weighted by Crippen LogP contribution is 2.09. The number of carbonyl (C=O) groups excluding carboxylic acids is 1. The number of hydrogen-bond donors (Lipinski definition) is 3. The van der Waals surface area contributed by atoms with Crippen LogP contribution in [0, 0.1) is 0 Å². The van der Waals surface area contributed by atoms with E-state index < -0.39 is 11.9 Å². The molecule has 2 rings (SSSR count). The first kappa shape index (κ1) is 14.7. The van der Waals surface area contributed by atoms with Crippen LogP contribution in [-0.2, 0) is 24.2 Å². The van der Waals surface area contributed by atoms with Gasteiger partial charge in [-0.05, 0) is 11.1 Å².